The summed E-state index contributed by atoms with van der Waals surface area (Å²) in [4.78, 5) is 2.93. The zero-order chi connectivity index (χ0) is 12.7. The summed E-state index contributed by atoms with van der Waals surface area (Å²) in [6.07, 6.45) is 11.1. The standard InChI is InChI=1S/C16H30N2/c1-11-6-7-16(8-12(11)2)18-14-4-3-5-15(18)10-13(17)9-14/h11-16H,3-10,17H2,1-2H3. The minimum Gasteiger partial charge on any atom is -0.328 e. The molecule has 1 aliphatic carbocycles. The third-order valence-electron chi connectivity index (χ3n) is 6.06. The van der Waals surface area contributed by atoms with Gasteiger partial charge in [-0.3, -0.25) is 4.90 Å². The van der Waals surface area contributed by atoms with Crippen molar-refractivity contribution in [3.05, 3.63) is 0 Å². The Balaban J connectivity index is 1.71. The fraction of sp³-hybridized carbons (Fsp3) is 1.00. The van der Waals surface area contributed by atoms with Gasteiger partial charge >= 0.3 is 0 Å². The summed E-state index contributed by atoms with van der Waals surface area (Å²) in [6, 6.07) is 2.99. The molecule has 0 aromatic carbocycles. The van der Waals surface area contributed by atoms with Crippen LogP contribution in [0.3, 0.4) is 0 Å². The molecule has 0 amide bonds. The number of hydrogen-bond donors (Lipinski definition) is 1. The molecule has 5 unspecified atom stereocenters. The van der Waals surface area contributed by atoms with Gasteiger partial charge in [-0.25, -0.2) is 0 Å². The summed E-state index contributed by atoms with van der Waals surface area (Å²) < 4.78 is 0. The molecule has 5 atom stereocenters. The Bertz CT molecular complexity index is 277. The minimum atomic E-state index is 0.483. The molecular weight excluding hydrogens is 220 g/mol. The Morgan fingerprint density at radius 2 is 1.39 bits per heavy atom. The van der Waals surface area contributed by atoms with E-state index in [9.17, 15) is 0 Å². The Labute approximate surface area is 112 Å². The van der Waals surface area contributed by atoms with E-state index < -0.39 is 0 Å². The van der Waals surface area contributed by atoms with Gasteiger partial charge in [0, 0.05) is 24.2 Å². The van der Waals surface area contributed by atoms with Crippen molar-refractivity contribution in [3.63, 3.8) is 0 Å². The third-order valence-corrected chi connectivity index (χ3v) is 6.06. The van der Waals surface area contributed by atoms with Crippen molar-refractivity contribution >= 4 is 0 Å². The molecule has 1 saturated carbocycles. The smallest absolute Gasteiger partial charge is 0.0116 e. The molecule has 2 N–H and O–H groups in total. The van der Waals surface area contributed by atoms with Crippen molar-refractivity contribution in [2.45, 2.75) is 89.4 Å². The van der Waals surface area contributed by atoms with Crippen LogP contribution in [0, 0.1) is 11.8 Å². The molecular formula is C16H30N2. The van der Waals surface area contributed by atoms with Gasteiger partial charge in [-0.1, -0.05) is 20.3 Å². The lowest BCUT2D eigenvalue weighted by Gasteiger charge is -2.53. The quantitative estimate of drug-likeness (QED) is 0.774. The predicted molar refractivity (Wildman–Crippen MR) is 76.4 cm³/mol. The Morgan fingerprint density at radius 3 is 2.00 bits per heavy atom. The number of nitrogens with two attached hydrogens (primary N) is 1. The van der Waals surface area contributed by atoms with Crippen molar-refractivity contribution in [3.8, 4) is 0 Å². The van der Waals surface area contributed by atoms with Crippen LogP contribution in [0.25, 0.3) is 0 Å². The van der Waals surface area contributed by atoms with E-state index in [1.807, 2.05) is 0 Å². The lowest BCUT2D eigenvalue weighted by atomic mass is 9.74. The molecule has 2 heteroatoms. The van der Waals surface area contributed by atoms with E-state index in [4.69, 9.17) is 5.73 Å². The lowest BCUT2D eigenvalue weighted by Crippen LogP contribution is -2.59. The average molecular weight is 250 g/mol. The van der Waals surface area contributed by atoms with Crippen LogP contribution in [0.2, 0.25) is 0 Å². The van der Waals surface area contributed by atoms with Crippen LogP contribution in [0.1, 0.15) is 65.2 Å². The third kappa shape index (κ3) is 2.34. The molecule has 0 aromatic heterocycles. The van der Waals surface area contributed by atoms with Crippen molar-refractivity contribution in [2.75, 3.05) is 0 Å². The van der Waals surface area contributed by atoms with Gasteiger partial charge in [-0.05, 0) is 56.8 Å². The first kappa shape index (κ1) is 12.9. The Hall–Kier alpha value is -0.0800. The topological polar surface area (TPSA) is 29.3 Å². The van der Waals surface area contributed by atoms with E-state index in [1.165, 1.54) is 51.4 Å². The Morgan fingerprint density at radius 1 is 0.778 bits per heavy atom. The molecule has 0 spiro atoms. The highest BCUT2D eigenvalue weighted by atomic mass is 15.2. The number of fused-ring (bicyclic) bond motifs is 2. The number of rotatable bonds is 1. The molecule has 3 rings (SSSR count). The molecule has 2 aliphatic heterocycles. The average Bonchev–Trinajstić information content (AvgIpc) is 2.32. The van der Waals surface area contributed by atoms with Gasteiger partial charge in [-0.15, -0.1) is 0 Å². The monoisotopic (exact) mass is 250 g/mol. The minimum absolute atomic E-state index is 0.483. The summed E-state index contributed by atoms with van der Waals surface area (Å²) in [5.41, 5.74) is 6.24. The van der Waals surface area contributed by atoms with Crippen LogP contribution in [0.15, 0.2) is 0 Å². The molecule has 2 saturated heterocycles. The molecule has 3 aliphatic rings. The van der Waals surface area contributed by atoms with E-state index in [1.54, 1.807) is 0 Å². The van der Waals surface area contributed by atoms with E-state index in [0.29, 0.717) is 6.04 Å². The molecule has 18 heavy (non-hydrogen) atoms. The SMILES string of the molecule is CC1CCC(N2C3CCCC2CC(N)C3)CC1C. The molecule has 0 aromatic rings. The van der Waals surface area contributed by atoms with Gasteiger partial charge in [0.05, 0.1) is 0 Å². The maximum absolute atomic E-state index is 6.24. The maximum atomic E-state index is 6.24. The summed E-state index contributed by atoms with van der Waals surface area (Å²) >= 11 is 0. The van der Waals surface area contributed by atoms with E-state index in [0.717, 1.165) is 30.0 Å². The second-order valence-corrected chi connectivity index (χ2v) is 7.34. The normalized spacial score (nSPS) is 50.2. The number of hydrogen-bond acceptors (Lipinski definition) is 2. The summed E-state index contributed by atoms with van der Waals surface area (Å²) in [5, 5.41) is 0. The first-order chi connectivity index (χ1) is 8.65. The lowest BCUT2D eigenvalue weighted by molar-refractivity contribution is -0.0294. The van der Waals surface area contributed by atoms with Crippen LogP contribution < -0.4 is 5.73 Å². The molecule has 2 nitrogen and oxygen atoms in total. The van der Waals surface area contributed by atoms with Gasteiger partial charge in [-0.2, -0.15) is 0 Å². The van der Waals surface area contributed by atoms with Crippen LogP contribution in [-0.2, 0) is 0 Å². The number of piperidine rings is 2. The van der Waals surface area contributed by atoms with E-state index in [-0.39, 0.29) is 0 Å². The van der Waals surface area contributed by atoms with Gasteiger partial charge < -0.3 is 5.73 Å². The van der Waals surface area contributed by atoms with Crippen LogP contribution in [-0.4, -0.2) is 29.1 Å². The van der Waals surface area contributed by atoms with Crippen LogP contribution in [0.5, 0.6) is 0 Å². The first-order valence-electron chi connectivity index (χ1n) is 8.18. The predicted octanol–water partition coefficient (Wildman–Crippen LogP) is 3.16. The van der Waals surface area contributed by atoms with Crippen molar-refractivity contribution < 1.29 is 0 Å². The molecule has 2 bridgehead atoms. The molecule has 2 heterocycles. The van der Waals surface area contributed by atoms with Gasteiger partial charge in [0.15, 0.2) is 0 Å². The van der Waals surface area contributed by atoms with Crippen LogP contribution >= 0.6 is 0 Å². The maximum Gasteiger partial charge on any atom is 0.0116 e. The molecule has 104 valence electrons. The largest absolute Gasteiger partial charge is 0.328 e. The fourth-order valence-corrected chi connectivity index (χ4v) is 4.85. The highest BCUT2D eigenvalue weighted by molar-refractivity contribution is 4.98. The zero-order valence-electron chi connectivity index (χ0n) is 12.1. The van der Waals surface area contributed by atoms with Gasteiger partial charge in [0.2, 0.25) is 0 Å². The van der Waals surface area contributed by atoms with Crippen molar-refractivity contribution in [2.24, 2.45) is 17.6 Å². The zero-order valence-corrected chi connectivity index (χ0v) is 12.1. The van der Waals surface area contributed by atoms with Crippen molar-refractivity contribution in [1.82, 2.24) is 4.90 Å². The van der Waals surface area contributed by atoms with E-state index in [2.05, 4.69) is 18.7 Å². The summed E-state index contributed by atoms with van der Waals surface area (Å²) in [5.74, 6) is 1.85. The second-order valence-electron chi connectivity index (χ2n) is 7.34. The number of nitrogens with zero attached hydrogens (tertiary/aromatic N) is 1. The first-order valence-corrected chi connectivity index (χ1v) is 8.18. The fourth-order valence-electron chi connectivity index (χ4n) is 4.85. The van der Waals surface area contributed by atoms with E-state index >= 15 is 0 Å². The highest BCUT2D eigenvalue weighted by Gasteiger charge is 2.42. The highest BCUT2D eigenvalue weighted by Crippen LogP contribution is 2.40. The second kappa shape index (κ2) is 5.13. The van der Waals surface area contributed by atoms with Crippen LogP contribution in [0.4, 0.5) is 0 Å². The molecule has 0 radical (unpaired) electrons. The van der Waals surface area contributed by atoms with Crippen molar-refractivity contribution in [1.29, 1.82) is 0 Å². The summed E-state index contributed by atoms with van der Waals surface area (Å²) in [7, 11) is 0. The Kier molecular flexibility index (Phi) is 3.68. The van der Waals surface area contributed by atoms with Gasteiger partial charge in [0.25, 0.3) is 0 Å². The summed E-state index contributed by atoms with van der Waals surface area (Å²) in [6.45, 7) is 4.90. The molecule has 3 fully saturated rings. The van der Waals surface area contributed by atoms with Gasteiger partial charge in [0.1, 0.15) is 0 Å².